The average molecular weight is 263 g/mol. The number of nitrogens with zero attached hydrogens (tertiary/aromatic N) is 1. The second-order valence-electron chi connectivity index (χ2n) is 3.06. The molecule has 0 saturated carbocycles. The molecule has 0 fully saturated rings. The quantitative estimate of drug-likeness (QED) is 0.751. The molecule has 0 aliphatic heterocycles. The van der Waals surface area contributed by atoms with E-state index in [2.05, 4.69) is 27.8 Å². The van der Waals surface area contributed by atoms with Crippen LogP contribution in [0.3, 0.4) is 0 Å². The topological polar surface area (TPSA) is 12.9 Å². The molecule has 0 bridgehead atoms. The summed E-state index contributed by atoms with van der Waals surface area (Å²) < 4.78 is 0. The summed E-state index contributed by atoms with van der Waals surface area (Å²) in [5.41, 5.74) is 1.17. The largest absolute Gasteiger partial charge is 0.263 e. The summed E-state index contributed by atoms with van der Waals surface area (Å²) >= 11 is 9.62. The molecule has 0 spiro atoms. The van der Waals surface area contributed by atoms with Gasteiger partial charge in [0.2, 0.25) is 0 Å². The first-order chi connectivity index (χ1) is 6.24. The normalized spacial score (nSPS) is 12.8. The molecular weight excluding hydrogens is 249 g/mol. The molecular formula is C10H13BrClN. The monoisotopic (exact) mass is 261 g/mol. The van der Waals surface area contributed by atoms with Crippen molar-refractivity contribution in [2.75, 3.05) is 0 Å². The minimum absolute atomic E-state index is 0.525. The molecule has 0 aromatic carbocycles. The van der Waals surface area contributed by atoms with E-state index in [1.54, 1.807) is 12.4 Å². The van der Waals surface area contributed by atoms with Crippen LogP contribution in [0.15, 0.2) is 18.5 Å². The predicted molar refractivity (Wildman–Crippen MR) is 60.6 cm³/mol. The van der Waals surface area contributed by atoms with E-state index in [-0.39, 0.29) is 0 Å². The van der Waals surface area contributed by atoms with Crippen LogP contribution in [-0.4, -0.2) is 9.81 Å². The maximum absolute atomic E-state index is 5.99. The third kappa shape index (κ3) is 3.65. The fourth-order valence-electron chi connectivity index (χ4n) is 1.22. The maximum atomic E-state index is 5.99. The molecule has 1 heterocycles. The number of alkyl halides is 1. The van der Waals surface area contributed by atoms with Crippen molar-refractivity contribution in [1.82, 2.24) is 4.98 Å². The summed E-state index contributed by atoms with van der Waals surface area (Å²) in [5, 5.41) is 0.767. The van der Waals surface area contributed by atoms with Crippen LogP contribution in [-0.2, 0) is 6.42 Å². The van der Waals surface area contributed by atoms with Gasteiger partial charge in [-0.15, -0.1) is 0 Å². The summed E-state index contributed by atoms with van der Waals surface area (Å²) in [6.45, 7) is 2.18. The highest BCUT2D eigenvalue weighted by Crippen LogP contribution is 2.20. The molecule has 1 atom stereocenters. The molecule has 1 aromatic heterocycles. The van der Waals surface area contributed by atoms with E-state index in [9.17, 15) is 0 Å². The Morgan fingerprint density at radius 2 is 2.38 bits per heavy atom. The number of aromatic nitrogens is 1. The summed E-state index contributed by atoms with van der Waals surface area (Å²) in [6, 6.07) is 1.98. The van der Waals surface area contributed by atoms with Crippen LogP contribution in [0.5, 0.6) is 0 Å². The Morgan fingerprint density at radius 1 is 1.62 bits per heavy atom. The number of hydrogen-bond acceptors (Lipinski definition) is 1. The Kier molecular flexibility index (Phi) is 4.74. The molecule has 1 rings (SSSR count). The van der Waals surface area contributed by atoms with Crippen molar-refractivity contribution < 1.29 is 0 Å². The first-order valence-corrected chi connectivity index (χ1v) is 5.76. The van der Waals surface area contributed by atoms with E-state index in [0.717, 1.165) is 11.4 Å². The first kappa shape index (κ1) is 11.0. The third-order valence-corrected chi connectivity index (χ3v) is 3.02. The Bertz CT molecular complexity index is 265. The molecule has 0 N–H and O–H groups in total. The molecule has 72 valence electrons. The van der Waals surface area contributed by atoms with Crippen LogP contribution >= 0.6 is 27.5 Å². The minimum atomic E-state index is 0.525. The van der Waals surface area contributed by atoms with E-state index in [1.165, 1.54) is 18.4 Å². The molecule has 1 nitrogen and oxygen atoms in total. The lowest BCUT2D eigenvalue weighted by atomic mass is 10.1. The molecule has 0 aliphatic rings. The van der Waals surface area contributed by atoms with E-state index in [1.807, 2.05) is 6.07 Å². The molecule has 0 saturated heterocycles. The second-order valence-corrected chi connectivity index (χ2v) is 4.76. The highest BCUT2D eigenvalue weighted by molar-refractivity contribution is 9.09. The maximum Gasteiger partial charge on any atom is 0.0621 e. The van der Waals surface area contributed by atoms with Crippen molar-refractivity contribution in [3.63, 3.8) is 0 Å². The van der Waals surface area contributed by atoms with Gasteiger partial charge in [0.25, 0.3) is 0 Å². The van der Waals surface area contributed by atoms with Gasteiger partial charge in [0, 0.05) is 17.2 Å². The zero-order chi connectivity index (χ0) is 9.68. The standard InChI is InChI=1S/C10H13BrClN/c1-2-3-9(11)6-8-4-5-13-7-10(8)12/h4-5,7,9H,2-3,6H2,1H3. The number of pyridine rings is 1. The predicted octanol–water partition coefficient (Wildman–Crippen LogP) is 3.84. The van der Waals surface area contributed by atoms with E-state index in [0.29, 0.717) is 4.83 Å². The molecule has 1 unspecified atom stereocenters. The van der Waals surface area contributed by atoms with Crippen molar-refractivity contribution in [3.8, 4) is 0 Å². The molecule has 0 radical (unpaired) electrons. The van der Waals surface area contributed by atoms with E-state index in [4.69, 9.17) is 11.6 Å². The minimum Gasteiger partial charge on any atom is -0.263 e. The Hall–Kier alpha value is -0.0800. The van der Waals surface area contributed by atoms with Crippen molar-refractivity contribution in [2.24, 2.45) is 0 Å². The summed E-state index contributed by atoms with van der Waals surface area (Å²) in [5.74, 6) is 0. The number of halogens is 2. The Labute approximate surface area is 92.6 Å². The van der Waals surface area contributed by atoms with Gasteiger partial charge in [0.05, 0.1) is 5.02 Å². The van der Waals surface area contributed by atoms with Crippen molar-refractivity contribution in [3.05, 3.63) is 29.0 Å². The number of rotatable bonds is 4. The molecule has 1 aromatic rings. The number of hydrogen-bond donors (Lipinski definition) is 0. The van der Waals surface area contributed by atoms with Crippen molar-refractivity contribution in [1.29, 1.82) is 0 Å². The molecule has 0 amide bonds. The average Bonchev–Trinajstić information content (AvgIpc) is 2.09. The van der Waals surface area contributed by atoms with Crippen LogP contribution in [0.1, 0.15) is 25.3 Å². The van der Waals surface area contributed by atoms with Gasteiger partial charge in [0.15, 0.2) is 0 Å². The van der Waals surface area contributed by atoms with Gasteiger partial charge >= 0.3 is 0 Å². The fourth-order valence-corrected chi connectivity index (χ4v) is 2.23. The van der Waals surface area contributed by atoms with Crippen LogP contribution in [0.2, 0.25) is 5.02 Å². The molecule has 0 aliphatic carbocycles. The van der Waals surface area contributed by atoms with E-state index >= 15 is 0 Å². The third-order valence-electron chi connectivity index (χ3n) is 1.90. The fraction of sp³-hybridized carbons (Fsp3) is 0.500. The Morgan fingerprint density at radius 3 is 3.00 bits per heavy atom. The summed E-state index contributed by atoms with van der Waals surface area (Å²) in [4.78, 5) is 4.48. The highest BCUT2D eigenvalue weighted by atomic mass is 79.9. The Balaban J connectivity index is 2.58. The van der Waals surface area contributed by atoms with Crippen LogP contribution < -0.4 is 0 Å². The second kappa shape index (κ2) is 5.61. The highest BCUT2D eigenvalue weighted by Gasteiger charge is 2.06. The van der Waals surface area contributed by atoms with Crippen molar-refractivity contribution in [2.45, 2.75) is 31.0 Å². The molecule has 13 heavy (non-hydrogen) atoms. The van der Waals surface area contributed by atoms with Gasteiger partial charge in [-0.3, -0.25) is 4.98 Å². The van der Waals surface area contributed by atoms with E-state index < -0.39 is 0 Å². The van der Waals surface area contributed by atoms with Crippen molar-refractivity contribution >= 4 is 27.5 Å². The van der Waals surface area contributed by atoms with Gasteiger partial charge in [-0.05, 0) is 24.5 Å². The zero-order valence-corrected chi connectivity index (χ0v) is 9.98. The SMILES string of the molecule is CCCC(Br)Cc1ccncc1Cl. The van der Waals surface area contributed by atoms with Gasteiger partial charge in [-0.25, -0.2) is 0 Å². The summed E-state index contributed by atoms with van der Waals surface area (Å²) in [7, 11) is 0. The van der Waals surface area contributed by atoms with Gasteiger partial charge in [-0.1, -0.05) is 40.9 Å². The zero-order valence-electron chi connectivity index (χ0n) is 7.63. The lowest BCUT2D eigenvalue weighted by Gasteiger charge is -2.08. The lowest BCUT2D eigenvalue weighted by molar-refractivity contribution is 0.744. The smallest absolute Gasteiger partial charge is 0.0621 e. The van der Waals surface area contributed by atoms with Crippen LogP contribution in [0, 0.1) is 0 Å². The first-order valence-electron chi connectivity index (χ1n) is 4.46. The summed E-state index contributed by atoms with van der Waals surface area (Å²) in [6.07, 6.45) is 6.84. The van der Waals surface area contributed by atoms with Crippen LogP contribution in [0.25, 0.3) is 0 Å². The van der Waals surface area contributed by atoms with Gasteiger partial charge < -0.3 is 0 Å². The van der Waals surface area contributed by atoms with Gasteiger partial charge in [0.1, 0.15) is 0 Å². The van der Waals surface area contributed by atoms with Gasteiger partial charge in [-0.2, -0.15) is 0 Å². The lowest BCUT2D eigenvalue weighted by Crippen LogP contribution is -2.02. The molecule has 3 heteroatoms. The van der Waals surface area contributed by atoms with Crippen LogP contribution in [0.4, 0.5) is 0 Å².